The molecule has 0 aliphatic heterocycles. The molecule has 0 saturated carbocycles. The Morgan fingerprint density at radius 3 is 2.76 bits per heavy atom. The summed E-state index contributed by atoms with van der Waals surface area (Å²) in [5.41, 5.74) is 7.03. The van der Waals surface area contributed by atoms with Crippen LogP contribution in [0.25, 0.3) is 0 Å². The second-order valence-corrected chi connectivity index (χ2v) is 5.37. The minimum atomic E-state index is -0.456. The maximum absolute atomic E-state index is 14.0. The van der Waals surface area contributed by atoms with Crippen LogP contribution in [0.1, 0.15) is 11.1 Å². The van der Waals surface area contributed by atoms with E-state index in [-0.39, 0.29) is 12.4 Å². The van der Waals surface area contributed by atoms with Gasteiger partial charge in [0.25, 0.3) is 0 Å². The second kappa shape index (κ2) is 6.63. The number of anilines is 1. The molecule has 0 aromatic heterocycles. The van der Waals surface area contributed by atoms with Crippen molar-refractivity contribution in [2.45, 2.75) is 6.61 Å². The van der Waals surface area contributed by atoms with Crippen molar-refractivity contribution in [1.29, 1.82) is 5.26 Å². The van der Waals surface area contributed by atoms with Gasteiger partial charge in [0, 0.05) is 5.56 Å². The van der Waals surface area contributed by atoms with E-state index in [1.165, 1.54) is 13.2 Å². The molecule has 4 nitrogen and oxygen atoms in total. The minimum absolute atomic E-state index is 0.0230. The molecule has 2 aromatic rings. The number of benzene rings is 2. The first-order valence-electron chi connectivity index (χ1n) is 6.00. The first kappa shape index (κ1) is 15.4. The normalized spacial score (nSPS) is 10.0. The van der Waals surface area contributed by atoms with Crippen molar-refractivity contribution >= 4 is 28.3 Å². The molecule has 108 valence electrons. The van der Waals surface area contributed by atoms with Crippen molar-refractivity contribution < 1.29 is 13.9 Å². The second-order valence-electron chi connectivity index (χ2n) is 4.21. The molecular formula is C15H12FIN2O2. The molecule has 0 heterocycles. The van der Waals surface area contributed by atoms with E-state index in [9.17, 15) is 4.39 Å². The van der Waals surface area contributed by atoms with Crippen molar-refractivity contribution in [2.75, 3.05) is 12.8 Å². The molecule has 21 heavy (non-hydrogen) atoms. The van der Waals surface area contributed by atoms with E-state index in [0.717, 1.165) is 0 Å². The predicted molar refractivity (Wildman–Crippen MR) is 85.6 cm³/mol. The van der Waals surface area contributed by atoms with E-state index < -0.39 is 5.82 Å². The van der Waals surface area contributed by atoms with Crippen LogP contribution in [-0.4, -0.2) is 7.11 Å². The van der Waals surface area contributed by atoms with Crippen molar-refractivity contribution in [3.05, 3.63) is 50.8 Å². The number of nitrogens with zero attached hydrogens (tertiary/aromatic N) is 1. The Bertz CT molecular complexity index is 690. The lowest BCUT2D eigenvalue weighted by Gasteiger charge is -2.12. The Morgan fingerprint density at radius 1 is 1.38 bits per heavy atom. The number of ether oxygens (including phenoxy) is 2. The van der Waals surface area contributed by atoms with Crippen LogP contribution in [0.3, 0.4) is 0 Å². The van der Waals surface area contributed by atoms with Gasteiger partial charge >= 0.3 is 0 Å². The number of nitriles is 1. The smallest absolute Gasteiger partial charge is 0.171 e. The number of rotatable bonds is 4. The van der Waals surface area contributed by atoms with Gasteiger partial charge in [-0.2, -0.15) is 5.26 Å². The standard InChI is InChI=1S/C15H12FIN2O2/c1-20-13-4-2-3-10(14(13)16)8-21-15-11(17)5-9(7-18)6-12(15)19/h2-6H,8,19H2,1H3. The lowest BCUT2D eigenvalue weighted by molar-refractivity contribution is 0.295. The van der Waals surface area contributed by atoms with Crippen molar-refractivity contribution in [2.24, 2.45) is 0 Å². The SMILES string of the molecule is COc1cccc(COc2c(N)cc(C#N)cc2I)c1F. The number of hydrogen-bond acceptors (Lipinski definition) is 4. The van der Waals surface area contributed by atoms with Gasteiger partial charge in [0.1, 0.15) is 6.61 Å². The highest BCUT2D eigenvalue weighted by molar-refractivity contribution is 14.1. The maximum Gasteiger partial charge on any atom is 0.171 e. The molecule has 0 spiro atoms. The fourth-order valence-corrected chi connectivity index (χ4v) is 2.61. The van der Waals surface area contributed by atoms with Crippen LogP contribution in [0.5, 0.6) is 11.5 Å². The van der Waals surface area contributed by atoms with Gasteiger partial charge < -0.3 is 15.2 Å². The van der Waals surface area contributed by atoms with E-state index in [1.54, 1.807) is 24.3 Å². The highest BCUT2D eigenvalue weighted by Crippen LogP contribution is 2.31. The Hall–Kier alpha value is -2.01. The van der Waals surface area contributed by atoms with Gasteiger partial charge in [-0.05, 0) is 40.8 Å². The fraction of sp³-hybridized carbons (Fsp3) is 0.133. The molecule has 0 fully saturated rings. The molecule has 0 aliphatic carbocycles. The van der Waals surface area contributed by atoms with Crippen LogP contribution >= 0.6 is 22.6 Å². The molecule has 0 atom stereocenters. The largest absolute Gasteiger partial charge is 0.494 e. The lowest BCUT2D eigenvalue weighted by atomic mass is 10.2. The van der Waals surface area contributed by atoms with Crippen LogP contribution in [0, 0.1) is 20.7 Å². The van der Waals surface area contributed by atoms with Crippen molar-refractivity contribution in [3.8, 4) is 17.6 Å². The minimum Gasteiger partial charge on any atom is -0.494 e. The summed E-state index contributed by atoms with van der Waals surface area (Å²) >= 11 is 2.03. The number of hydrogen-bond donors (Lipinski definition) is 1. The van der Waals surface area contributed by atoms with Crippen LogP contribution in [0.4, 0.5) is 10.1 Å². The molecule has 2 aromatic carbocycles. The van der Waals surface area contributed by atoms with Crippen molar-refractivity contribution in [3.63, 3.8) is 0 Å². The summed E-state index contributed by atoms with van der Waals surface area (Å²) in [5.74, 6) is 0.151. The summed E-state index contributed by atoms with van der Waals surface area (Å²) < 4.78 is 25.2. The summed E-state index contributed by atoms with van der Waals surface area (Å²) in [7, 11) is 1.41. The predicted octanol–water partition coefficient (Wildman–Crippen LogP) is 3.47. The molecule has 0 amide bonds. The quantitative estimate of drug-likeness (QED) is 0.633. The number of nitrogen functional groups attached to an aromatic ring is 1. The van der Waals surface area contributed by atoms with Crippen LogP contribution < -0.4 is 15.2 Å². The van der Waals surface area contributed by atoms with Gasteiger partial charge in [0.15, 0.2) is 17.3 Å². The van der Waals surface area contributed by atoms with E-state index in [2.05, 4.69) is 0 Å². The van der Waals surface area contributed by atoms with E-state index in [4.69, 9.17) is 20.5 Å². The van der Waals surface area contributed by atoms with Crippen LogP contribution in [-0.2, 0) is 6.61 Å². The lowest BCUT2D eigenvalue weighted by Crippen LogP contribution is -2.04. The molecule has 0 unspecified atom stereocenters. The molecule has 0 aliphatic rings. The zero-order chi connectivity index (χ0) is 15.4. The molecule has 2 N–H and O–H groups in total. The Kier molecular flexibility index (Phi) is 4.85. The van der Waals surface area contributed by atoms with Gasteiger partial charge in [-0.1, -0.05) is 12.1 Å². The number of halogens is 2. The van der Waals surface area contributed by atoms with Gasteiger partial charge in [0.2, 0.25) is 0 Å². The number of methoxy groups -OCH3 is 1. The molecular weight excluding hydrogens is 386 g/mol. The third kappa shape index (κ3) is 3.36. The van der Waals surface area contributed by atoms with Gasteiger partial charge in [-0.3, -0.25) is 0 Å². The monoisotopic (exact) mass is 398 g/mol. The first-order chi connectivity index (χ1) is 10.1. The summed E-state index contributed by atoms with van der Waals surface area (Å²) in [4.78, 5) is 0. The van der Waals surface area contributed by atoms with Crippen LogP contribution in [0.15, 0.2) is 30.3 Å². The Labute approximate surface area is 135 Å². The van der Waals surface area contributed by atoms with E-state index in [0.29, 0.717) is 26.1 Å². The summed E-state index contributed by atoms with van der Waals surface area (Å²) in [6, 6.07) is 10.0. The highest BCUT2D eigenvalue weighted by Gasteiger charge is 2.12. The first-order valence-corrected chi connectivity index (χ1v) is 7.08. The van der Waals surface area contributed by atoms with Gasteiger partial charge in [0.05, 0.1) is 28.0 Å². The third-order valence-corrected chi connectivity index (χ3v) is 3.64. The summed E-state index contributed by atoms with van der Waals surface area (Å²) in [5, 5.41) is 8.87. The van der Waals surface area contributed by atoms with E-state index >= 15 is 0 Å². The fourth-order valence-electron chi connectivity index (χ4n) is 1.81. The molecule has 6 heteroatoms. The topological polar surface area (TPSA) is 68.3 Å². The Balaban J connectivity index is 2.23. The average molecular weight is 398 g/mol. The molecule has 0 radical (unpaired) electrons. The molecule has 0 saturated heterocycles. The molecule has 2 rings (SSSR count). The maximum atomic E-state index is 14.0. The van der Waals surface area contributed by atoms with Gasteiger partial charge in [-0.25, -0.2) is 4.39 Å². The average Bonchev–Trinajstić information content (AvgIpc) is 2.47. The third-order valence-electron chi connectivity index (χ3n) is 2.84. The zero-order valence-electron chi connectivity index (χ0n) is 11.2. The van der Waals surface area contributed by atoms with Crippen LogP contribution in [0.2, 0.25) is 0 Å². The van der Waals surface area contributed by atoms with Crippen molar-refractivity contribution in [1.82, 2.24) is 0 Å². The van der Waals surface area contributed by atoms with Gasteiger partial charge in [-0.15, -0.1) is 0 Å². The summed E-state index contributed by atoms with van der Waals surface area (Å²) in [6.45, 7) is 0.0230. The number of nitrogens with two attached hydrogens (primary N) is 1. The Morgan fingerprint density at radius 2 is 2.14 bits per heavy atom. The summed E-state index contributed by atoms with van der Waals surface area (Å²) in [6.07, 6.45) is 0. The van der Waals surface area contributed by atoms with E-state index in [1.807, 2.05) is 28.7 Å². The molecule has 0 bridgehead atoms. The zero-order valence-corrected chi connectivity index (χ0v) is 13.3. The highest BCUT2D eigenvalue weighted by atomic mass is 127.